The molecule has 0 bridgehead atoms. The van der Waals surface area contributed by atoms with Gasteiger partial charge in [0.1, 0.15) is 4.88 Å². The number of aliphatic hydroxyl groups is 1. The molecule has 0 spiro atoms. The van der Waals surface area contributed by atoms with E-state index in [-0.39, 0.29) is 12.5 Å². The van der Waals surface area contributed by atoms with E-state index in [0.717, 1.165) is 37.2 Å². The van der Waals surface area contributed by atoms with Crippen LogP contribution in [-0.2, 0) is 0 Å². The molecule has 2 rings (SSSR count). The van der Waals surface area contributed by atoms with Gasteiger partial charge in [-0.25, -0.2) is 0 Å². The van der Waals surface area contributed by atoms with Gasteiger partial charge in [-0.05, 0) is 43.1 Å². The molecule has 17 heavy (non-hydrogen) atoms. The molecule has 94 valence electrons. The van der Waals surface area contributed by atoms with Crippen LogP contribution >= 0.6 is 11.5 Å². The maximum absolute atomic E-state index is 11.9. The molecule has 0 unspecified atom stereocenters. The van der Waals surface area contributed by atoms with Crippen molar-refractivity contribution in [3.05, 3.63) is 11.1 Å². The summed E-state index contributed by atoms with van der Waals surface area (Å²) in [5, 5.41) is 16.1. The van der Waals surface area contributed by atoms with Gasteiger partial charge in [0.2, 0.25) is 0 Å². The number of hydrogen-bond acceptors (Lipinski definition) is 5. The van der Waals surface area contributed by atoms with Gasteiger partial charge >= 0.3 is 0 Å². The Kier molecular flexibility index (Phi) is 3.73. The number of nitrogens with zero attached hydrogens (tertiary/aromatic N) is 2. The first-order valence-corrected chi connectivity index (χ1v) is 6.63. The van der Waals surface area contributed by atoms with Crippen LogP contribution in [0.2, 0.25) is 0 Å². The lowest BCUT2D eigenvalue weighted by Crippen LogP contribution is -2.53. The SMILES string of the molecule is CC1CCC(CO)(NC(=O)c2cnns2)CC1. The zero-order valence-corrected chi connectivity index (χ0v) is 10.7. The number of amides is 1. The van der Waals surface area contributed by atoms with Crippen LogP contribution < -0.4 is 5.32 Å². The highest BCUT2D eigenvalue weighted by molar-refractivity contribution is 7.07. The number of aromatic nitrogens is 2. The van der Waals surface area contributed by atoms with Gasteiger partial charge in [-0.3, -0.25) is 4.79 Å². The van der Waals surface area contributed by atoms with E-state index in [4.69, 9.17) is 0 Å². The maximum Gasteiger partial charge on any atom is 0.265 e. The Balaban J connectivity index is 2.02. The Hall–Kier alpha value is -1.01. The predicted octanol–water partition coefficient (Wildman–Crippen LogP) is 1.21. The molecule has 1 aliphatic rings. The van der Waals surface area contributed by atoms with E-state index in [1.807, 2.05) is 0 Å². The summed E-state index contributed by atoms with van der Waals surface area (Å²) < 4.78 is 3.67. The first-order chi connectivity index (χ1) is 8.15. The van der Waals surface area contributed by atoms with E-state index in [2.05, 4.69) is 21.8 Å². The molecular formula is C11H17N3O2S. The van der Waals surface area contributed by atoms with Crippen LogP contribution in [0.3, 0.4) is 0 Å². The fourth-order valence-electron chi connectivity index (χ4n) is 2.21. The van der Waals surface area contributed by atoms with Crippen molar-refractivity contribution < 1.29 is 9.90 Å². The molecule has 1 aromatic rings. The maximum atomic E-state index is 11.9. The molecule has 6 heteroatoms. The van der Waals surface area contributed by atoms with Gasteiger partial charge in [0, 0.05) is 0 Å². The number of carbonyl (C=O) groups is 1. The third-order valence-corrected chi connectivity index (χ3v) is 4.16. The largest absolute Gasteiger partial charge is 0.394 e. The Bertz CT molecular complexity index is 372. The summed E-state index contributed by atoms with van der Waals surface area (Å²) in [6.45, 7) is 2.20. The minimum absolute atomic E-state index is 0.00229. The fourth-order valence-corrected chi connectivity index (χ4v) is 2.62. The van der Waals surface area contributed by atoms with E-state index in [1.165, 1.54) is 6.20 Å². The van der Waals surface area contributed by atoms with E-state index >= 15 is 0 Å². The van der Waals surface area contributed by atoms with Crippen LogP contribution in [0.15, 0.2) is 6.20 Å². The van der Waals surface area contributed by atoms with Crippen molar-refractivity contribution in [1.29, 1.82) is 0 Å². The third kappa shape index (κ3) is 2.81. The molecule has 0 aliphatic heterocycles. The van der Waals surface area contributed by atoms with Crippen molar-refractivity contribution in [2.45, 2.75) is 38.1 Å². The summed E-state index contributed by atoms with van der Waals surface area (Å²) in [5.41, 5.74) is -0.451. The van der Waals surface area contributed by atoms with Crippen molar-refractivity contribution in [3.8, 4) is 0 Å². The molecule has 1 aromatic heterocycles. The average Bonchev–Trinajstić information content (AvgIpc) is 2.86. The number of carbonyl (C=O) groups excluding carboxylic acids is 1. The van der Waals surface area contributed by atoms with Gasteiger partial charge in [0.05, 0.1) is 18.3 Å². The number of nitrogens with one attached hydrogen (secondary N) is 1. The molecule has 1 aliphatic carbocycles. The highest BCUT2D eigenvalue weighted by Gasteiger charge is 2.35. The minimum Gasteiger partial charge on any atom is -0.394 e. The molecule has 1 heterocycles. The second kappa shape index (κ2) is 5.10. The number of rotatable bonds is 3. The summed E-state index contributed by atoms with van der Waals surface area (Å²) in [7, 11) is 0. The van der Waals surface area contributed by atoms with E-state index < -0.39 is 5.54 Å². The Morgan fingerprint density at radius 3 is 2.88 bits per heavy atom. The van der Waals surface area contributed by atoms with Crippen molar-refractivity contribution in [1.82, 2.24) is 14.9 Å². The smallest absolute Gasteiger partial charge is 0.265 e. The minimum atomic E-state index is -0.451. The molecule has 0 radical (unpaired) electrons. The monoisotopic (exact) mass is 255 g/mol. The summed E-state index contributed by atoms with van der Waals surface area (Å²) >= 11 is 1.07. The first kappa shape index (κ1) is 12.4. The normalized spacial score (nSPS) is 28.9. The van der Waals surface area contributed by atoms with Crippen molar-refractivity contribution in [3.63, 3.8) is 0 Å². The highest BCUT2D eigenvalue weighted by atomic mass is 32.1. The van der Waals surface area contributed by atoms with Crippen LogP contribution in [0.25, 0.3) is 0 Å². The van der Waals surface area contributed by atoms with Crippen LogP contribution in [0.4, 0.5) is 0 Å². The second-order valence-corrected chi connectivity index (χ2v) is 5.64. The molecule has 2 N–H and O–H groups in total. The predicted molar refractivity (Wildman–Crippen MR) is 64.8 cm³/mol. The molecule has 0 saturated heterocycles. The third-order valence-electron chi connectivity index (χ3n) is 3.50. The summed E-state index contributed by atoms with van der Waals surface area (Å²) in [6.07, 6.45) is 5.21. The zero-order chi connectivity index (χ0) is 12.3. The van der Waals surface area contributed by atoms with Gasteiger partial charge < -0.3 is 10.4 Å². The standard InChI is InChI=1S/C11H17N3O2S/c1-8-2-4-11(7-15,5-3-8)13-10(16)9-6-12-14-17-9/h6,8,15H,2-5,7H2,1H3,(H,13,16). The van der Waals surface area contributed by atoms with Crippen LogP contribution in [0, 0.1) is 5.92 Å². The van der Waals surface area contributed by atoms with Crippen molar-refractivity contribution in [2.24, 2.45) is 5.92 Å². The van der Waals surface area contributed by atoms with Crippen molar-refractivity contribution in [2.75, 3.05) is 6.61 Å². The lowest BCUT2D eigenvalue weighted by atomic mass is 9.77. The fraction of sp³-hybridized carbons (Fsp3) is 0.727. The molecule has 1 amide bonds. The lowest BCUT2D eigenvalue weighted by Gasteiger charge is -2.38. The van der Waals surface area contributed by atoms with Crippen LogP contribution in [0.1, 0.15) is 42.3 Å². The number of aliphatic hydroxyl groups excluding tert-OH is 1. The molecule has 0 atom stereocenters. The average molecular weight is 255 g/mol. The van der Waals surface area contributed by atoms with Crippen molar-refractivity contribution >= 4 is 17.4 Å². The quantitative estimate of drug-likeness (QED) is 0.851. The molecule has 0 aromatic carbocycles. The Morgan fingerprint density at radius 1 is 1.65 bits per heavy atom. The van der Waals surface area contributed by atoms with Gasteiger partial charge in [-0.15, -0.1) is 5.10 Å². The first-order valence-electron chi connectivity index (χ1n) is 5.86. The highest BCUT2D eigenvalue weighted by Crippen LogP contribution is 2.31. The molecular weight excluding hydrogens is 238 g/mol. The molecule has 5 nitrogen and oxygen atoms in total. The van der Waals surface area contributed by atoms with Gasteiger partial charge in [-0.2, -0.15) is 0 Å². The summed E-state index contributed by atoms with van der Waals surface area (Å²) in [5.74, 6) is 0.500. The van der Waals surface area contributed by atoms with Gasteiger partial charge in [-0.1, -0.05) is 11.4 Å². The van der Waals surface area contributed by atoms with Crippen LogP contribution in [-0.4, -0.2) is 32.7 Å². The van der Waals surface area contributed by atoms with Gasteiger partial charge in [0.25, 0.3) is 5.91 Å². The lowest BCUT2D eigenvalue weighted by molar-refractivity contribution is 0.0720. The van der Waals surface area contributed by atoms with E-state index in [9.17, 15) is 9.90 Å². The Labute approximate surface area is 104 Å². The van der Waals surface area contributed by atoms with Gasteiger partial charge in [0.15, 0.2) is 0 Å². The zero-order valence-electron chi connectivity index (χ0n) is 9.85. The van der Waals surface area contributed by atoms with E-state index in [1.54, 1.807) is 0 Å². The van der Waals surface area contributed by atoms with Crippen LogP contribution in [0.5, 0.6) is 0 Å². The Morgan fingerprint density at radius 2 is 2.35 bits per heavy atom. The molecule has 1 saturated carbocycles. The topological polar surface area (TPSA) is 75.1 Å². The number of hydrogen-bond donors (Lipinski definition) is 2. The summed E-state index contributed by atoms with van der Waals surface area (Å²) in [6, 6.07) is 0. The molecule has 1 fully saturated rings. The second-order valence-electron chi connectivity index (χ2n) is 4.86. The van der Waals surface area contributed by atoms with E-state index in [0.29, 0.717) is 10.8 Å². The summed E-state index contributed by atoms with van der Waals surface area (Å²) in [4.78, 5) is 12.4.